The van der Waals surface area contributed by atoms with E-state index in [0.717, 1.165) is 24.6 Å². The lowest BCUT2D eigenvalue weighted by molar-refractivity contribution is -0.137. The van der Waals surface area contributed by atoms with Crippen LogP contribution in [0.5, 0.6) is 0 Å². The van der Waals surface area contributed by atoms with E-state index >= 15 is 0 Å². The Morgan fingerprint density at radius 3 is 2.63 bits per heavy atom. The number of carbonyl (C=O) groups excluding carboxylic acids is 1. The van der Waals surface area contributed by atoms with Crippen LogP contribution >= 0.6 is 0 Å². The molecule has 3 rings (SSSR count). The Morgan fingerprint density at radius 1 is 1.19 bits per heavy atom. The summed E-state index contributed by atoms with van der Waals surface area (Å²) in [5.41, 5.74) is -0.501. The van der Waals surface area contributed by atoms with Gasteiger partial charge in [-0.25, -0.2) is 18.1 Å². The number of nitrogens with zero attached hydrogens (tertiary/aromatic N) is 2. The van der Waals surface area contributed by atoms with Crippen LogP contribution in [0.3, 0.4) is 0 Å². The van der Waals surface area contributed by atoms with Gasteiger partial charge in [-0.05, 0) is 42.3 Å². The third kappa shape index (κ3) is 4.45. The van der Waals surface area contributed by atoms with Gasteiger partial charge in [0.1, 0.15) is 5.82 Å². The molecule has 2 aromatic rings. The summed E-state index contributed by atoms with van der Waals surface area (Å²) in [6.07, 6.45) is -2.01. The molecule has 6 nitrogen and oxygen atoms in total. The first kappa shape index (κ1) is 19.3. The van der Waals surface area contributed by atoms with E-state index in [-0.39, 0.29) is 12.5 Å². The predicted octanol–water partition coefficient (Wildman–Crippen LogP) is 2.71. The van der Waals surface area contributed by atoms with Gasteiger partial charge >= 0.3 is 6.18 Å². The molecular formula is C17H16F3N3O3S. The molecule has 0 radical (unpaired) electrons. The lowest BCUT2D eigenvalue weighted by atomic mass is 10.2. The Bertz CT molecular complexity index is 961. The van der Waals surface area contributed by atoms with E-state index in [1.807, 2.05) is 0 Å². The minimum atomic E-state index is -4.63. The number of hydrogen-bond acceptors (Lipinski definition) is 4. The average Bonchev–Trinajstić information content (AvgIpc) is 3.06. The van der Waals surface area contributed by atoms with E-state index in [4.69, 9.17) is 0 Å². The molecule has 1 fully saturated rings. The summed E-state index contributed by atoms with van der Waals surface area (Å²) >= 11 is 0. The predicted molar refractivity (Wildman–Crippen MR) is 91.3 cm³/mol. The van der Waals surface area contributed by atoms with Crippen LogP contribution in [-0.4, -0.2) is 25.9 Å². The fourth-order valence-electron chi connectivity index (χ4n) is 2.71. The lowest BCUT2D eigenvalue weighted by Gasteiger charge is -2.15. The topological polar surface area (TPSA) is 79.4 Å². The zero-order valence-corrected chi connectivity index (χ0v) is 14.8. The van der Waals surface area contributed by atoms with Crippen molar-refractivity contribution in [3.63, 3.8) is 0 Å². The molecular weight excluding hydrogens is 383 g/mol. The van der Waals surface area contributed by atoms with Crippen molar-refractivity contribution >= 4 is 21.7 Å². The highest BCUT2D eigenvalue weighted by atomic mass is 32.2. The second kappa shape index (κ2) is 7.28. The largest absolute Gasteiger partial charge is 0.416 e. The number of pyridine rings is 1. The van der Waals surface area contributed by atoms with Crippen LogP contribution in [0.1, 0.15) is 24.0 Å². The van der Waals surface area contributed by atoms with Crippen LogP contribution in [0.15, 0.2) is 47.5 Å². The average molecular weight is 399 g/mol. The Morgan fingerprint density at radius 2 is 1.96 bits per heavy atom. The van der Waals surface area contributed by atoms with E-state index in [0.29, 0.717) is 30.4 Å². The third-order valence-electron chi connectivity index (χ3n) is 4.10. The maximum atomic E-state index is 12.8. The first-order chi connectivity index (χ1) is 12.7. The van der Waals surface area contributed by atoms with Crippen molar-refractivity contribution in [2.45, 2.75) is 30.5 Å². The van der Waals surface area contributed by atoms with Gasteiger partial charge < -0.3 is 0 Å². The van der Waals surface area contributed by atoms with Gasteiger partial charge in [0.25, 0.3) is 0 Å². The molecule has 144 valence electrons. The Balaban J connectivity index is 1.75. The fourth-order valence-corrected chi connectivity index (χ4v) is 3.77. The van der Waals surface area contributed by atoms with Gasteiger partial charge in [-0.3, -0.25) is 9.69 Å². The summed E-state index contributed by atoms with van der Waals surface area (Å²) in [6.45, 7) is 0.404. The highest BCUT2D eigenvalue weighted by Gasteiger charge is 2.31. The van der Waals surface area contributed by atoms with Gasteiger partial charge in [-0.2, -0.15) is 13.2 Å². The molecule has 0 saturated carbocycles. The molecule has 27 heavy (non-hydrogen) atoms. The molecule has 0 bridgehead atoms. The first-order valence-corrected chi connectivity index (χ1v) is 9.57. The molecule has 1 N–H and O–H groups in total. The molecule has 1 aromatic heterocycles. The van der Waals surface area contributed by atoms with Crippen molar-refractivity contribution in [3.8, 4) is 0 Å². The molecule has 10 heteroatoms. The number of aromatic nitrogens is 1. The first-order valence-electron chi connectivity index (χ1n) is 8.09. The number of hydrogen-bond donors (Lipinski definition) is 1. The summed E-state index contributed by atoms with van der Waals surface area (Å²) in [5.74, 6) is 0.373. The van der Waals surface area contributed by atoms with Crippen molar-refractivity contribution in [2.75, 3.05) is 11.4 Å². The van der Waals surface area contributed by atoms with Crippen molar-refractivity contribution in [1.82, 2.24) is 9.71 Å². The molecule has 0 aliphatic carbocycles. The maximum absolute atomic E-state index is 12.8. The van der Waals surface area contributed by atoms with Gasteiger partial charge in [0, 0.05) is 25.7 Å². The van der Waals surface area contributed by atoms with Crippen molar-refractivity contribution in [1.29, 1.82) is 0 Å². The number of benzene rings is 1. The van der Waals surface area contributed by atoms with E-state index in [1.165, 1.54) is 11.1 Å². The van der Waals surface area contributed by atoms with Crippen LogP contribution < -0.4 is 9.62 Å². The van der Waals surface area contributed by atoms with E-state index in [1.54, 1.807) is 12.1 Å². The van der Waals surface area contributed by atoms with Crippen LogP contribution in [0.25, 0.3) is 0 Å². The zero-order chi connectivity index (χ0) is 19.7. The van der Waals surface area contributed by atoms with Crippen molar-refractivity contribution < 1.29 is 26.4 Å². The van der Waals surface area contributed by atoms with Gasteiger partial charge in [0.05, 0.1) is 10.5 Å². The van der Waals surface area contributed by atoms with E-state index in [2.05, 4.69) is 9.71 Å². The molecule has 1 amide bonds. The number of carbonyl (C=O) groups is 1. The molecule has 1 aliphatic heterocycles. The number of alkyl halides is 3. The molecule has 0 unspecified atom stereocenters. The molecule has 1 saturated heterocycles. The molecule has 2 heterocycles. The molecule has 1 aromatic carbocycles. The number of nitrogens with one attached hydrogen (secondary N) is 1. The van der Waals surface area contributed by atoms with E-state index in [9.17, 15) is 26.4 Å². The van der Waals surface area contributed by atoms with Gasteiger partial charge in [0.15, 0.2) is 0 Å². The number of halogens is 3. The van der Waals surface area contributed by atoms with Crippen LogP contribution in [0, 0.1) is 0 Å². The Labute approximate surface area is 154 Å². The Kier molecular flexibility index (Phi) is 5.20. The van der Waals surface area contributed by atoms with Gasteiger partial charge in [0.2, 0.25) is 15.9 Å². The SMILES string of the molecule is O=C1CCCN1c1cc(CNS(=O)(=O)c2cccc(C(F)(F)F)c2)ccn1. The maximum Gasteiger partial charge on any atom is 0.416 e. The van der Waals surface area contributed by atoms with Crippen LogP contribution in [0.4, 0.5) is 19.0 Å². The second-order valence-electron chi connectivity index (χ2n) is 6.02. The summed E-state index contributed by atoms with van der Waals surface area (Å²) in [7, 11) is -4.13. The monoisotopic (exact) mass is 399 g/mol. The molecule has 0 spiro atoms. The summed E-state index contributed by atoms with van der Waals surface area (Å²) in [4.78, 5) is 16.9. The minimum absolute atomic E-state index is 0.0517. The van der Waals surface area contributed by atoms with Gasteiger partial charge in [-0.15, -0.1) is 0 Å². The quantitative estimate of drug-likeness (QED) is 0.839. The number of anilines is 1. The van der Waals surface area contributed by atoms with Gasteiger partial charge in [-0.1, -0.05) is 6.07 Å². The van der Waals surface area contributed by atoms with Crippen LogP contribution in [-0.2, 0) is 27.5 Å². The summed E-state index contributed by atoms with van der Waals surface area (Å²) in [6, 6.07) is 6.68. The molecule has 1 aliphatic rings. The lowest BCUT2D eigenvalue weighted by Crippen LogP contribution is -2.26. The van der Waals surface area contributed by atoms with E-state index < -0.39 is 26.7 Å². The van der Waals surface area contributed by atoms with Crippen molar-refractivity contribution in [2.24, 2.45) is 0 Å². The summed E-state index contributed by atoms with van der Waals surface area (Å²) in [5, 5.41) is 0. The number of rotatable bonds is 5. The number of amides is 1. The third-order valence-corrected chi connectivity index (χ3v) is 5.50. The summed E-state index contributed by atoms with van der Waals surface area (Å²) < 4.78 is 65.2. The normalized spacial score (nSPS) is 15.4. The zero-order valence-electron chi connectivity index (χ0n) is 14.0. The fraction of sp³-hybridized carbons (Fsp3) is 0.294. The highest BCUT2D eigenvalue weighted by molar-refractivity contribution is 7.89. The Hall–Kier alpha value is -2.46. The van der Waals surface area contributed by atoms with Crippen molar-refractivity contribution in [3.05, 3.63) is 53.7 Å². The minimum Gasteiger partial charge on any atom is -0.297 e. The smallest absolute Gasteiger partial charge is 0.297 e. The standard InChI is InChI=1S/C17H16F3N3O3S/c18-17(19,20)13-3-1-4-14(10-13)27(25,26)22-11-12-6-7-21-15(9-12)23-8-2-5-16(23)24/h1,3-4,6-7,9-10,22H,2,5,8,11H2. The number of sulfonamides is 1. The highest BCUT2D eigenvalue weighted by Crippen LogP contribution is 2.30. The van der Waals surface area contributed by atoms with Crippen LogP contribution in [0.2, 0.25) is 0 Å². The molecule has 0 atom stereocenters. The second-order valence-corrected chi connectivity index (χ2v) is 7.79.